The molecule has 0 bridgehead atoms. The summed E-state index contributed by atoms with van der Waals surface area (Å²) in [4.78, 5) is 5.66. The van der Waals surface area contributed by atoms with Crippen LogP contribution in [0.4, 0.5) is 0 Å². The molecule has 35 heavy (non-hydrogen) atoms. The molecular weight excluding hydrogens is 444 g/mol. The van der Waals surface area contributed by atoms with Crippen molar-refractivity contribution in [3.8, 4) is 17.7 Å². The van der Waals surface area contributed by atoms with Gasteiger partial charge in [0.25, 0.3) is 0 Å². The fourth-order valence-electron chi connectivity index (χ4n) is 3.55. The normalized spacial score (nSPS) is 12.3. The Kier molecular flexibility index (Phi) is 12.5. The highest BCUT2D eigenvalue weighted by molar-refractivity contribution is 5.79. The van der Waals surface area contributed by atoms with Crippen LogP contribution in [-0.4, -0.2) is 58.2 Å². The van der Waals surface area contributed by atoms with Gasteiger partial charge in [-0.2, -0.15) is 5.26 Å². The Bertz CT molecular complexity index is 942. The average Bonchev–Trinajstić information content (AvgIpc) is 2.90. The fourth-order valence-corrected chi connectivity index (χ4v) is 3.55. The minimum Gasteiger partial charge on any atom is -0.493 e. The molecule has 0 aromatic heterocycles. The summed E-state index contributed by atoms with van der Waals surface area (Å²) in [7, 11) is 4.65. The van der Waals surface area contributed by atoms with E-state index in [1.165, 1.54) is 24.7 Å². The topological polar surface area (TPSA) is 102 Å². The summed E-state index contributed by atoms with van der Waals surface area (Å²) < 4.78 is 21.8. The summed E-state index contributed by atoms with van der Waals surface area (Å²) in [6.45, 7) is 3.26. The van der Waals surface area contributed by atoms with E-state index in [0.29, 0.717) is 18.9 Å². The van der Waals surface area contributed by atoms with E-state index in [1.54, 1.807) is 7.11 Å². The van der Waals surface area contributed by atoms with Crippen molar-refractivity contribution in [3.63, 3.8) is 0 Å². The molecule has 0 amide bonds. The number of rotatable bonds is 15. The molecule has 0 aliphatic heterocycles. The highest BCUT2D eigenvalue weighted by atomic mass is 16.7. The lowest BCUT2D eigenvalue weighted by atomic mass is 10.0. The van der Waals surface area contributed by atoms with Crippen LogP contribution in [0.3, 0.4) is 0 Å². The zero-order chi connectivity index (χ0) is 25.5. The SMILES string of the molecule is COc1ccc(C(C)CN=C(N)N(C#N)CC(OC)OC)cc1OCCCCCc1ccccc1. The number of guanidine groups is 1. The predicted molar refractivity (Wildman–Crippen MR) is 138 cm³/mol. The van der Waals surface area contributed by atoms with E-state index in [4.69, 9.17) is 24.7 Å². The molecule has 2 aromatic carbocycles. The Labute approximate surface area is 209 Å². The van der Waals surface area contributed by atoms with E-state index in [1.807, 2.05) is 30.5 Å². The molecule has 190 valence electrons. The molecule has 0 aliphatic rings. The number of unbranched alkanes of at least 4 members (excludes halogenated alkanes) is 2. The van der Waals surface area contributed by atoms with Gasteiger partial charge in [0.2, 0.25) is 5.96 Å². The smallest absolute Gasteiger partial charge is 0.204 e. The second-order valence-corrected chi connectivity index (χ2v) is 8.27. The van der Waals surface area contributed by atoms with Crippen molar-refractivity contribution >= 4 is 5.96 Å². The van der Waals surface area contributed by atoms with Gasteiger partial charge in [0.1, 0.15) is 0 Å². The quantitative estimate of drug-likeness (QED) is 0.101. The molecule has 1 unspecified atom stereocenters. The maximum Gasteiger partial charge on any atom is 0.204 e. The monoisotopic (exact) mass is 482 g/mol. The molecule has 0 saturated heterocycles. The second-order valence-electron chi connectivity index (χ2n) is 8.27. The number of ether oxygens (including phenoxy) is 4. The Morgan fingerprint density at radius 1 is 1.03 bits per heavy atom. The fraction of sp³-hybridized carbons (Fsp3) is 0.481. The first-order valence-corrected chi connectivity index (χ1v) is 11.9. The zero-order valence-corrected chi connectivity index (χ0v) is 21.3. The summed E-state index contributed by atoms with van der Waals surface area (Å²) in [6, 6.07) is 16.4. The van der Waals surface area contributed by atoms with E-state index >= 15 is 0 Å². The van der Waals surface area contributed by atoms with Crippen LogP contribution in [0, 0.1) is 11.5 Å². The molecule has 0 radical (unpaired) electrons. The van der Waals surface area contributed by atoms with Crippen LogP contribution in [0.2, 0.25) is 0 Å². The molecular formula is C27H38N4O4. The summed E-state index contributed by atoms with van der Waals surface area (Å²) in [5.41, 5.74) is 8.45. The third kappa shape index (κ3) is 9.47. The summed E-state index contributed by atoms with van der Waals surface area (Å²) >= 11 is 0. The number of hydrogen-bond donors (Lipinski definition) is 1. The third-order valence-electron chi connectivity index (χ3n) is 5.75. The van der Waals surface area contributed by atoms with Gasteiger partial charge in [0.05, 0.1) is 20.3 Å². The van der Waals surface area contributed by atoms with Gasteiger partial charge < -0.3 is 24.7 Å². The van der Waals surface area contributed by atoms with E-state index in [2.05, 4.69) is 36.2 Å². The lowest BCUT2D eigenvalue weighted by Gasteiger charge is -2.20. The van der Waals surface area contributed by atoms with Crippen LogP contribution in [-0.2, 0) is 15.9 Å². The van der Waals surface area contributed by atoms with E-state index < -0.39 is 6.29 Å². The van der Waals surface area contributed by atoms with Gasteiger partial charge in [0.15, 0.2) is 24.0 Å². The van der Waals surface area contributed by atoms with Gasteiger partial charge in [-0.15, -0.1) is 0 Å². The molecule has 2 aromatic rings. The van der Waals surface area contributed by atoms with Crippen molar-refractivity contribution in [2.45, 2.75) is 44.8 Å². The molecule has 0 heterocycles. The van der Waals surface area contributed by atoms with Crippen LogP contribution < -0.4 is 15.2 Å². The van der Waals surface area contributed by atoms with Gasteiger partial charge in [-0.1, -0.05) is 43.3 Å². The number of nitrogens with two attached hydrogens (primary N) is 1. The molecule has 0 aliphatic carbocycles. The summed E-state index contributed by atoms with van der Waals surface area (Å²) in [5, 5.41) is 9.38. The maximum absolute atomic E-state index is 9.38. The van der Waals surface area contributed by atoms with Crippen LogP contribution in [0.15, 0.2) is 53.5 Å². The van der Waals surface area contributed by atoms with Gasteiger partial charge in [-0.25, -0.2) is 4.90 Å². The molecule has 0 saturated carbocycles. The minimum absolute atomic E-state index is 0.0638. The first-order chi connectivity index (χ1) is 17.0. The van der Waals surface area contributed by atoms with Crippen LogP contribution in [0.25, 0.3) is 0 Å². The van der Waals surface area contributed by atoms with Gasteiger partial charge in [-0.3, -0.25) is 4.99 Å². The molecule has 2 N–H and O–H groups in total. The Morgan fingerprint density at radius 2 is 1.77 bits per heavy atom. The highest BCUT2D eigenvalue weighted by Crippen LogP contribution is 2.31. The van der Waals surface area contributed by atoms with Crippen molar-refractivity contribution < 1.29 is 18.9 Å². The summed E-state index contributed by atoms with van der Waals surface area (Å²) in [6.07, 6.45) is 5.75. The van der Waals surface area contributed by atoms with E-state index in [0.717, 1.165) is 37.0 Å². The van der Waals surface area contributed by atoms with Crippen molar-refractivity contribution in [1.29, 1.82) is 5.26 Å². The Morgan fingerprint density at radius 3 is 2.43 bits per heavy atom. The maximum atomic E-state index is 9.38. The molecule has 1 atom stereocenters. The highest BCUT2D eigenvalue weighted by Gasteiger charge is 2.16. The average molecular weight is 483 g/mol. The number of nitrogens with zero attached hydrogens (tertiary/aromatic N) is 3. The first kappa shape index (κ1) is 28.0. The minimum atomic E-state index is -0.569. The van der Waals surface area contributed by atoms with E-state index in [-0.39, 0.29) is 18.4 Å². The van der Waals surface area contributed by atoms with E-state index in [9.17, 15) is 5.26 Å². The number of aliphatic imine (C=N–C) groups is 1. The largest absolute Gasteiger partial charge is 0.493 e. The zero-order valence-electron chi connectivity index (χ0n) is 21.3. The standard InChI is InChI=1S/C27H38N4O4/c1-21(18-30-27(29)31(20-28)19-26(33-3)34-4)23-14-15-24(32-2)25(17-23)35-16-10-6-9-13-22-11-7-5-8-12-22/h5,7-8,11-12,14-15,17,21,26H,6,9-10,13,16,18-19H2,1-4H3,(H2,29,30). The number of hydrogen-bond acceptors (Lipinski definition) is 6. The van der Waals surface area contributed by atoms with Crippen LogP contribution in [0.5, 0.6) is 11.5 Å². The Balaban J connectivity index is 1.89. The number of aryl methyl sites for hydroxylation is 1. The molecule has 0 fully saturated rings. The van der Waals surface area contributed by atoms with Gasteiger partial charge >= 0.3 is 0 Å². The van der Waals surface area contributed by atoms with Crippen LogP contribution in [0.1, 0.15) is 43.2 Å². The molecule has 2 rings (SSSR count). The second kappa shape index (κ2) is 15.6. The van der Waals surface area contributed by atoms with Crippen molar-refractivity contribution in [2.24, 2.45) is 10.7 Å². The van der Waals surface area contributed by atoms with Crippen molar-refractivity contribution in [1.82, 2.24) is 4.90 Å². The number of benzene rings is 2. The molecule has 8 heteroatoms. The number of nitriles is 1. The van der Waals surface area contributed by atoms with Gasteiger partial charge in [-0.05, 0) is 48.9 Å². The lowest BCUT2D eigenvalue weighted by molar-refractivity contribution is -0.105. The molecule has 0 spiro atoms. The predicted octanol–water partition coefficient (Wildman–Crippen LogP) is 4.31. The lowest BCUT2D eigenvalue weighted by Crippen LogP contribution is -2.40. The first-order valence-electron chi connectivity index (χ1n) is 11.9. The summed E-state index contributed by atoms with van der Waals surface area (Å²) in [5.74, 6) is 1.61. The van der Waals surface area contributed by atoms with Gasteiger partial charge in [0, 0.05) is 26.7 Å². The van der Waals surface area contributed by atoms with Crippen molar-refractivity contribution in [2.75, 3.05) is 41.0 Å². The third-order valence-corrected chi connectivity index (χ3v) is 5.75. The number of methoxy groups -OCH3 is 3. The Hall–Kier alpha value is -3.28. The van der Waals surface area contributed by atoms with Crippen molar-refractivity contribution in [3.05, 3.63) is 59.7 Å². The van der Waals surface area contributed by atoms with Crippen LogP contribution >= 0.6 is 0 Å². The molecule has 8 nitrogen and oxygen atoms in total.